The van der Waals surface area contributed by atoms with Crippen LogP contribution in [0.2, 0.25) is 0 Å². The maximum absolute atomic E-state index is 5.87. The van der Waals surface area contributed by atoms with Crippen LogP contribution in [0.1, 0.15) is 39.8 Å². The van der Waals surface area contributed by atoms with E-state index >= 15 is 0 Å². The van der Waals surface area contributed by atoms with Crippen LogP contribution in [-0.4, -0.2) is 6.61 Å². The zero-order valence-electron chi connectivity index (χ0n) is 12.4. The summed E-state index contributed by atoms with van der Waals surface area (Å²) in [7, 11) is 0. The van der Waals surface area contributed by atoms with E-state index < -0.39 is 0 Å². The largest absolute Gasteiger partial charge is 0.493 e. The average Bonchev–Trinajstić information content (AvgIpc) is 2.67. The third kappa shape index (κ3) is 3.50. The van der Waals surface area contributed by atoms with Crippen LogP contribution in [0.4, 0.5) is 0 Å². The molecule has 1 aromatic carbocycles. The van der Waals surface area contributed by atoms with Crippen molar-refractivity contribution in [1.82, 2.24) is 5.32 Å². The van der Waals surface area contributed by atoms with Crippen LogP contribution in [0.25, 0.3) is 0 Å². The van der Waals surface area contributed by atoms with Gasteiger partial charge in [0.2, 0.25) is 0 Å². The molecule has 0 saturated heterocycles. The first kappa shape index (κ1) is 15.1. The standard InChI is InChI=1S/C17H20BrNOS/c1-11-8-14(21-12(11)2)10-19-16-4-3-7-20-17-9-13(18)5-6-15(16)17/h5-6,8-9,16,19H,3-4,7,10H2,1-2H3. The second-order valence-electron chi connectivity index (χ2n) is 5.56. The van der Waals surface area contributed by atoms with E-state index in [4.69, 9.17) is 4.74 Å². The molecule has 4 heteroatoms. The molecule has 2 aromatic rings. The van der Waals surface area contributed by atoms with Gasteiger partial charge in [0.15, 0.2) is 0 Å². The summed E-state index contributed by atoms with van der Waals surface area (Å²) in [5.41, 5.74) is 2.67. The first-order valence-corrected chi connectivity index (χ1v) is 8.96. The van der Waals surface area contributed by atoms with Crippen LogP contribution < -0.4 is 10.1 Å². The molecular weight excluding hydrogens is 346 g/mol. The Morgan fingerprint density at radius 2 is 2.19 bits per heavy atom. The summed E-state index contributed by atoms with van der Waals surface area (Å²) in [4.78, 5) is 2.83. The van der Waals surface area contributed by atoms with Gasteiger partial charge in [0, 0.05) is 32.4 Å². The van der Waals surface area contributed by atoms with Crippen molar-refractivity contribution in [3.63, 3.8) is 0 Å². The van der Waals surface area contributed by atoms with E-state index in [1.165, 1.54) is 20.9 Å². The molecule has 21 heavy (non-hydrogen) atoms. The number of fused-ring (bicyclic) bond motifs is 1. The van der Waals surface area contributed by atoms with E-state index in [1.54, 1.807) is 0 Å². The van der Waals surface area contributed by atoms with Crippen LogP contribution in [0.3, 0.4) is 0 Å². The minimum atomic E-state index is 0.373. The minimum absolute atomic E-state index is 0.373. The molecule has 0 amide bonds. The van der Waals surface area contributed by atoms with Gasteiger partial charge in [0.05, 0.1) is 6.61 Å². The first-order valence-electron chi connectivity index (χ1n) is 7.35. The lowest BCUT2D eigenvalue weighted by atomic mass is 10.0. The van der Waals surface area contributed by atoms with Gasteiger partial charge in [-0.25, -0.2) is 0 Å². The van der Waals surface area contributed by atoms with Crippen LogP contribution >= 0.6 is 27.3 Å². The molecule has 0 fully saturated rings. The molecule has 0 saturated carbocycles. The van der Waals surface area contributed by atoms with Gasteiger partial charge >= 0.3 is 0 Å². The van der Waals surface area contributed by atoms with Crippen molar-refractivity contribution in [1.29, 1.82) is 0 Å². The number of ether oxygens (including phenoxy) is 1. The second-order valence-corrected chi connectivity index (χ2v) is 7.81. The van der Waals surface area contributed by atoms with Crippen LogP contribution in [0.15, 0.2) is 28.7 Å². The second kappa shape index (κ2) is 6.51. The average molecular weight is 366 g/mol. The number of nitrogens with one attached hydrogen (secondary N) is 1. The predicted octanol–water partition coefficient (Wildman–Crippen LogP) is 5.13. The summed E-state index contributed by atoms with van der Waals surface area (Å²) in [5.74, 6) is 1.01. The highest BCUT2D eigenvalue weighted by molar-refractivity contribution is 9.10. The van der Waals surface area contributed by atoms with E-state index in [9.17, 15) is 0 Å². The van der Waals surface area contributed by atoms with Gasteiger partial charge in [-0.1, -0.05) is 22.0 Å². The Morgan fingerprint density at radius 3 is 2.95 bits per heavy atom. The van der Waals surface area contributed by atoms with Crippen molar-refractivity contribution >= 4 is 27.3 Å². The van der Waals surface area contributed by atoms with Crippen molar-refractivity contribution in [2.75, 3.05) is 6.61 Å². The first-order chi connectivity index (χ1) is 10.1. The molecule has 0 bridgehead atoms. The smallest absolute Gasteiger partial charge is 0.125 e. The summed E-state index contributed by atoms with van der Waals surface area (Å²) >= 11 is 5.41. The monoisotopic (exact) mass is 365 g/mol. The molecule has 0 radical (unpaired) electrons. The molecule has 1 aliphatic heterocycles. The van der Waals surface area contributed by atoms with Gasteiger partial charge in [0.25, 0.3) is 0 Å². The molecular formula is C17H20BrNOS. The Balaban J connectivity index is 1.76. The van der Waals surface area contributed by atoms with E-state index in [-0.39, 0.29) is 0 Å². The van der Waals surface area contributed by atoms with E-state index in [2.05, 4.69) is 59.4 Å². The molecule has 2 heterocycles. The zero-order valence-corrected chi connectivity index (χ0v) is 14.8. The Hall–Kier alpha value is -0.840. The number of hydrogen-bond donors (Lipinski definition) is 1. The quantitative estimate of drug-likeness (QED) is 0.813. The van der Waals surface area contributed by atoms with Gasteiger partial charge in [-0.15, -0.1) is 11.3 Å². The maximum atomic E-state index is 5.87. The van der Waals surface area contributed by atoms with Crippen molar-refractivity contribution in [2.24, 2.45) is 0 Å². The number of rotatable bonds is 3. The molecule has 3 rings (SSSR count). The Morgan fingerprint density at radius 1 is 1.33 bits per heavy atom. The molecule has 0 aliphatic carbocycles. The molecule has 112 valence electrons. The van der Waals surface area contributed by atoms with Gasteiger partial charge in [-0.3, -0.25) is 0 Å². The topological polar surface area (TPSA) is 21.3 Å². The third-order valence-corrected chi connectivity index (χ3v) is 5.63. The SMILES string of the molecule is Cc1cc(CNC2CCCOc3cc(Br)ccc32)sc1C. The highest BCUT2D eigenvalue weighted by Gasteiger charge is 2.19. The fourth-order valence-electron chi connectivity index (χ4n) is 2.72. The molecule has 1 aromatic heterocycles. The third-order valence-electron chi connectivity index (χ3n) is 3.99. The molecule has 1 atom stereocenters. The van der Waals surface area contributed by atoms with E-state index in [0.717, 1.165) is 36.2 Å². The fraction of sp³-hybridized carbons (Fsp3) is 0.412. The van der Waals surface area contributed by atoms with Crippen LogP contribution in [-0.2, 0) is 6.54 Å². The van der Waals surface area contributed by atoms with Crippen molar-refractivity contribution in [2.45, 2.75) is 39.3 Å². The normalized spacial score (nSPS) is 18.0. The molecule has 0 spiro atoms. The van der Waals surface area contributed by atoms with Gasteiger partial charge < -0.3 is 10.1 Å². The Bertz CT molecular complexity index is 618. The predicted molar refractivity (Wildman–Crippen MR) is 92.2 cm³/mol. The number of benzene rings is 1. The van der Waals surface area contributed by atoms with Crippen molar-refractivity contribution in [3.8, 4) is 5.75 Å². The Kier molecular flexibility index (Phi) is 4.67. The lowest BCUT2D eigenvalue weighted by molar-refractivity contribution is 0.315. The van der Waals surface area contributed by atoms with Crippen molar-refractivity contribution in [3.05, 3.63) is 49.6 Å². The Labute approximate surface area is 138 Å². The summed E-state index contributed by atoms with van der Waals surface area (Å²) < 4.78 is 6.94. The highest BCUT2D eigenvalue weighted by atomic mass is 79.9. The van der Waals surface area contributed by atoms with E-state index in [0.29, 0.717) is 6.04 Å². The number of hydrogen-bond acceptors (Lipinski definition) is 3. The lowest BCUT2D eigenvalue weighted by Gasteiger charge is -2.18. The molecule has 1 unspecified atom stereocenters. The number of thiophene rings is 1. The lowest BCUT2D eigenvalue weighted by Crippen LogP contribution is -2.20. The zero-order chi connectivity index (χ0) is 14.8. The van der Waals surface area contributed by atoms with Gasteiger partial charge in [-0.05, 0) is 50.5 Å². The summed E-state index contributed by atoms with van der Waals surface area (Å²) in [6.45, 7) is 6.11. The van der Waals surface area contributed by atoms with Crippen LogP contribution in [0.5, 0.6) is 5.75 Å². The van der Waals surface area contributed by atoms with Crippen molar-refractivity contribution < 1.29 is 4.74 Å². The molecule has 2 nitrogen and oxygen atoms in total. The van der Waals surface area contributed by atoms with Gasteiger partial charge in [0.1, 0.15) is 5.75 Å². The minimum Gasteiger partial charge on any atom is -0.493 e. The number of aryl methyl sites for hydroxylation is 2. The molecule has 1 N–H and O–H groups in total. The van der Waals surface area contributed by atoms with Crippen LogP contribution in [0, 0.1) is 13.8 Å². The van der Waals surface area contributed by atoms with E-state index in [1.807, 2.05) is 11.3 Å². The highest BCUT2D eigenvalue weighted by Crippen LogP contribution is 2.34. The van der Waals surface area contributed by atoms with Gasteiger partial charge in [-0.2, -0.15) is 0 Å². The summed E-state index contributed by atoms with van der Waals surface area (Å²) in [6, 6.07) is 9.02. The summed E-state index contributed by atoms with van der Waals surface area (Å²) in [5, 5.41) is 3.71. The fourth-order valence-corrected chi connectivity index (χ4v) is 4.06. The summed E-state index contributed by atoms with van der Waals surface area (Å²) in [6.07, 6.45) is 2.21. The maximum Gasteiger partial charge on any atom is 0.125 e. The molecule has 1 aliphatic rings. The number of halogens is 1.